The van der Waals surface area contributed by atoms with Gasteiger partial charge in [0.15, 0.2) is 0 Å². The van der Waals surface area contributed by atoms with Crippen LogP contribution in [-0.2, 0) is 4.79 Å². The van der Waals surface area contributed by atoms with Gasteiger partial charge in [-0.05, 0) is 38.0 Å². The van der Waals surface area contributed by atoms with Gasteiger partial charge in [0.2, 0.25) is 5.91 Å². The van der Waals surface area contributed by atoms with E-state index in [-0.39, 0.29) is 18.3 Å². The fraction of sp³-hybridized carbons (Fsp3) is 0.941. The Bertz CT molecular complexity index is 344. The van der Waals surface area contributed by atoms with E-state index in [2.05, 4.69) is 17.1 Å². The molecule has 1 amide bonds. The fourth-order valence-electron chi connectivity index (χ4n) is 4.49. The molecule has 3 nitrogen and oxygen atoms in total. The molecule has 1 saturated carbocycles. The molecule has 0 aromatic heterocycles. The molecule has 3 aliphatic rings. The highest BCUT2D eigenvalue weighted by Crippen LogP contribution is 2.32. The highest BCUT2D eigenvalue weighted by molar-refractivity contribution is 5.85. The summed E-state index contributed by atoms with van der Waals surface area (Å²) < 4.78 is 0. The number of rotatable bonds is 4. The van der Waals surface area contributed by atoms with Gasteiger partial charge in [0.1, 0.15) is 0 Å². The van der Waals surface area contributed by atoms with Gasteiger partial charge in [-0.15, -0.1) is 12.4 Å². The van der Waals surface area contributed by atoms with Crippen molar-refractivity contribution < 1.29 is 4.79 Å². The molecule has 2 heterocycles. The molecule has 0 aromatic carbocycles. The van der Waals surface area contributed by atoms with E-state index >= 15 is 0 Å². The summed E-state index contributed by atoms with van der Waals surface area (Å²) in [6.45, 7) is 4.13. The van der Waals surface area contributed by atoms with Crippen molar-refractivity contribution in [2.75, 3.05) is 13.1 Å². The summed E-state index contributed by atoms with van der Waals surface area (Å²) in [5, 5.41) is 3.67. The molecule has 2 bridgehead atoms. The Labute approximate surface area is 135 Å². The Morgan fingerprint density at radius 2 is 1.86 bits per heavy atom. The van der Waals surface area contributed by atoms with Crippen molar-refractivity contribution in [3.63, 3.8) is 0 Å². The summed E-state index contributed by atoms with van der Waals surface area (Å²) in [4.78, 5) is 15.0. The Kier molecular flexibility index (Phi) is 6.36. The molecule has 0 radical (unpaired) electrons. The monoisotopic (exact) mass is 314 g/mol. The van der Waals surface area contributed by atoms with Crippen molar-refractivity contribution in [3.05, 3.63) is 0 Å². The predicted molar refractivity (Wildman–Crippen MR) is 88.7 cm³/mol. The van der Waals surface area contributed by atoms with Crippen LogP contribution in [0.1, 0.15) is 64.7 Å². The smallest absolute Gasteiger partial charge is 0.225 e. The third-order valence-corrected chi connectivity index (χ3v) is 5.77. The van der Waals surface area contributed by atoms with Crippen molar-refractivity contribution >= 4 is 18.3 Å². The molecule has 0 spiro atoms. The maximum atomic E-state index is 12.8. The van der Waals surface area contributed by atoms with Crippen LogP contribution in [0.2, 0.25) is 0 Å². The number of hydrogen-bond acceptors (Lipinski definition) is 2. The van der Waals surface area contributed by atoms with Crippen LogP contribution in [0.4, 0.5) is 0 Å². The van der Waals surface area contributed by atoms with E-state index in [9.17, 15) is 4.79 Å². The van der Waals surface area contributed by atoms with Gasteiger partial charge >= 0.3 is 0 Å². The van der Waals surface area contributed by atoms with Gasteiger partial charge in [-0.2, -0.15) is 0 Å². The average molecular weight is 315 g/mol. The number of fused-ring (bicyclic) bond motifs is 2. The molecule has 3 rings (SSSR count). The molecule has 2 aliphatic heterocycles. The second-order valence-corrected chi connectivity index (χ2v) is 7.20. The van der Waals surface area contributed by atoms with E-state index in [1.54, 1.807) is 0 Å². The van der Waals surface area contributed by atoms with Gasteiger partial charge in [-0.1, -0.05) is 32.6 Å². The summed E-state index contributed by atoms with van der Waals surface area (Å²) in [5.74, 6) is 1.56. The number of amides is 1. The van der Waals surface area contributed by atoms with Crippen LogP contribution < -0.4 is 5.32 Å². The third kappa shape index (κ3) is 4.13. The molecule has 2 saturated heterocycles. The number of carbonyl (C=O) groups excluding carboxylic acids is 1. The number of nitrogens with zero attached hydrogens (tertiary/aromatic N) is 1. The first kappa shape index (κ1) is 17.1. The van der Waals surface area contributed by atoms with Crippen LogP contribution in [0.5, 0.6) is 0 Å². The third-order valence-electron chi connectivity index (χ3n) is 5.77. The number of halogens is 1. The second-order valence-electron chi connectivity index (χ2n) is 7.20. The molecular weight excluding hydrogens is 284 g/mol. The molecule has 3 atom stereocenters. The maximum absolute atomic E-state index is 12.8. The van der Waals surface area contributed by atoms with Crippen molar-refractivity contribution in [2.24, 2.45) is 11.8 Å². The Morgan fingerprint density at radius 3 is 2.57 bits per heavy atom. The number of carbonyl (C=O) groups is 1. The lowest BCUT2D eigenvalue weighted by Crippen LogP contribution is -2.42. The minimum atomic E-state index is 0. The lowest BCUT2D eigenvalue weighted by atomic mass is 9.90. The Hall–Kier alpha value is -0.280. The molecule has 1 aliphatic carbocycles. The summed E-state index contributed by atoms with van der Waals surface area (Å²) >= 11 is 0. The average Bonchev–Trinajstić information content (AvgIpc) is 3.05. The second kappa shape index (κ2) is 7.82. The van der Waals surface area contributed by atoms with Gasteiger partial charge < -0.3 is 10.2 Å². The van der Waals surface area contributed by atoms with E-state index in [0.29, 0.717) is 18.0 Å². The van der Waals surface area contributed by atoms with Crippen molar-refractivity contribution in [1.82, 2.24) is 10.2 Å². The zero-order chi connectivity index (χ0) is 13.9. The van der Waals surface area contributed by atoms with Crippen LogP contribution in [0.3, 0.4) is 0 Å². The fourth-order valence-corrected chi connectivity index (χ4v) is 4.49. The molecule has 1 N–H and O–H groups in total. The quantitative estimate of drug-likeness (QED) is 0.863. The lowest BCUT2D eigenvalue weighted by Gasteiger charge is -2.29. The van der Waals surface area contributed by atoms with E-state index in [1.165, 1.54) is 38.5 Å². The first-order valence-corrected chi connectivity index (χ1v) is 8.81. The predicted octanol–water partition coefficient (Wildman–Crippen LogP) is 3.37. The number of nitrogens with one attached hydrogen (secondary N) is 1. The largest absolute Gasteiger partial charge is 0.341 e. The van der Waals surface area contributed by atoms with E-state index in [1.807, 2.05) is 0 Å². The zero-order valence-corrected chi connectivity index (χ0v) is 14.2. The Morgan fingerprint density at radius 1 is 1.14 bits per heavy atom. The first-order valence-electron chi connectivity index (χ1n) is 8.81. The minimum Gasteiger partial charge on any atom is -0.341 e. The van der Waals surface area contributed by atoms with Gasteiger partial charge in [0, 0.05) is 31.1 Å². The maximum Gasteiger partial charge on any atom is 0.225 e. The highest BCUT2D eigenvalue weighted by atomic mass is 35.5. The normalized spacial score (nSPS) is 30.8. The lowest BCUT2D eigenvalue weighted by molar-refractivity contribution is -0.136. The van der Waals surface area contributed by atoms with E-state index in [4.69, 9.17) is 0 Å². The van der Waals surface area contributed by atoms with Gasteiger partial charge in [-0.3, -0.25) is 4.79 Å². The molecule has 122 valence electrons. The van der Waals surface area contributed by atoms with Gasteiger partial charge in [0.25, 0.3) is 0 Å². The zero-order valence-electron chi connectivity index (χ0n) is 13.4. The summed E-state index contributed by atoms with van der Waals surface area (Å²) in [5.41, 5.74) is 0. The molecule has 3 unspecified atom stereocenters. The Balaban J connectivity index is 0.00000161. The van der Waals surface area contributed by atoms with Crippen LogP contribution in [0, 0.1) is 11.8 Å². The molecule has 21 heavy (non-hydrogen) atoms. The van der Waals surface area contributed by atoms with Gasteiger partial charge in [-0.25, -0.2) is 0 Å². The summed E-state index contributed by atoms with van der Waals surface area (Å²) in [7, 11) is 0. The van der Waals surface area contributed by atoms with Gasteiger partial charge in [0.05, 0.1) is 0 Å². The van der Waals surface area contributed by atoms with Crippen LogP contribution in [0.25, 0.3) is 0 Å². The summed E-state index contributed by atoms with van der Waals surface area (Å²) in [6, 6.07) is 1.24. The highest BCUT2D eigenvalue weighted by Gasteiger charge is 2.34. The first-order chi connectivity index (χ1) is 9.76. The van der Waals surface area contributed by atoms with Crippen molar-refractivity contribution in [3.8, 4) is 0 Å². The molecule has 0 aromatic rings. The van der Waals surface area contributed by atoms with E-state index in [0.717, 1.165) is 38.3 Å². The molecule has 4 heteroatoms. The number of hydrogen-bond donors (Lipinski definition) is 1. The van der Waals surface area contributed by atoms with Crippen molar-refractivity contribution in [1.29, 1.82) is 0 Å². The number of likely N-dealkylation sites (tertiary alicyclic amines) is 1. The van der Waals surface area contributed by atoms with E-state index < -0.39 is 0 Å². The van der Waals surface area contributed by atoms with Crippen LogP contribution in [-0.4, -0.2) is 36.0 Å². The van der Waals surface area contributed by atoms with Crippen LogP contribution >= 0.6 is 12.4 Å². The molecular formula is C17H31ClN2O. The summed E-state index contributed by atoms with van der Waals surface area (Å²) in [6.07, 6.45) is 11.4. The van der Waals surface area contributed by atoms with Crippen molar-refractivity contribution in [2.45, 2.75) is 76.8 Å². The molecule has 3 fully saturated rings. The topological polar surface area (TPSA) is 32.3 Å². The van der Waals surface area contributed by atoms with Crippen LogP contribution in [0.15, 0.2) is 0 Å². The SMILES string of the molecule is CCC(CC1CCCC1)C(=O)N1CCC2CCC(C1)N2.Cl. The standard InChI is InChI=1S/C17H30N2O.ClH/c1-2-14(11-13-5-3-4-6-13)17(20)19-10-9-15-7-8-16(12-19)18-15;/h13-16,18H,2-12H2,1H3;1H. The minimum absolute atomic E-state index is 0.